The van der Waals surface area contributed by atoms with E-state index < -0.39 is 5.69 Å². The van der Waals surface area contributed by atoms with Crippen LogP contribution in [-0.4, -0.2) is 27.4 Å². The van der Waals surface area contributed by atoms with E-state index in [1.807, 2.05) is 6.92 Å². The smallest absolute Gasteiger partial charge is 0.332 e. The van der Waals surface area contributed by atoms with Gasteiger partial charge in [-0.1, -0.05) is 6.92 Å². The lowest BCUT2D eigenvalue weighted by Gasteiger charge is -2.09. The fraction of sp³-hybridized carbons (Fsp3) is 0.571. The number of aliphatic imine (C=N–C) groups is 1. The van der Waals surface area contributed by atoms with E-state index in [9.17, 15) is 14.4 Å². The zero-order chi connectivity index (χ0) is 15.7. The minimum atomic E-state index is -0.401. The van der Waals surface area contributed by atoms with Gasteiger partial charge in [-0.25, -0.2) is 9.79 Å². The highest BCUT2D eigenvalue weighted by molar-refractivity contribution is 5.96. The second-order valence-corrected chi connectivity index (χ2v) is 5.20. The summed E-state index contributed by atoms with van der Waals surface area (Å²) in [7, 11) is 3.04. The second kappa shape index (κ2) is 5.67. The molecule has 0 aromatic carbocycles. The van der Waals surface area contributed by atoms with Crippen LogP contribution in [0.5, 0.6) is 0 Å². The fourth-order valence-corrected chi connectivity index (χ4v) is 2.43. The molecule has 1 aliphatic rings. The number of ether oxygens (including phenoxy) is 1. The quantitative estimate of drug-likeness (QED) is 0.748. The van der Waals surface area contributed by atoms with Crippen LogP contribution in [0.1, 0.15) is 25.8 Å². The van der Waals surface area contributed by atoms with Gasteiger partial charge < -0.3 is 4.74 Å². The Kier molecular flexibility index (Phi) is 4.11. The molecule has 1 atom stereocenters. The molecule has 7 heteroatoms. The average molecular weight is 293 g/mol. The van der Waals surface area contributed by atoms with Gasteiger partial charge in [0.15, 0.2) is 0 Å². The van der Waals surface area contributed by atoms with Gasteiger partial charge in [0.25, 0.3) is 5.56 Å². The molecule has 0 spiro atoms. The number of esters is 1. The van der Waals surface area contributed by atoms with Crippen molar-refractivity contribution in [1.29, 1.82) is 0 Å². The molecule has 1 unspecified atom stereocenters. The van der Waals surface area contributed by atoms with E-state index in [1.165, 1.54) is 11.6 Å². The molecule has 1 aromatic heterocycles. The molecule has 21 heavy (non-hydrogen) atoms. The van der Waals surface area contributed by atoms with Gasteiger partial charge in [-0.15, -0.1) is 0 Å². The van der Waals surface area contributed by atoms with Crippen LogP contribution < -0.4 is 11.2 Å². The zero-order valence-electron chi connectivity index (χ0n) is 12.7. The minimum absolute atomic E-state index is 0.128. The lowest BCUT2D eigenvalue weighted by atomic mass is 9.98. The molecule has 0 radical (unpaired) electrons. The van der Waals surface area contributed by atoms with Crippen LogP contribution in [0.2, 0.25) is 0 Å². The number of hydrogen-bond donors (Lipinski definition) is 0. The number of nitrogens with zero attached hydrogens (tertiary/aromatic N) is 3. The maximum atomic E-state index is 12.1. The third-order valence-electron chi connectivity index (χ3n) is 3.68. The number of hydrogen-bond acceptors (Lipinski definition) is 5. The summed E-state index contributed by atoms with van der Waals surface area (Å²) in [6.07, 6.45) is 0.589. The standard InChI is InChI=1S/C14H19N3O4/c1-5-21-11(18)6-8(2)10-7-9-12(15-10)16(3)14(20)17(4)13(9)19/h8H,5-7H2,1-4H3. The van der Waals surface area contributed by atoms with Gasteiger partial charge >= 0.3 is 11.7 Å². The summed E-state index contributed by atoms with van der Waals surface area (Å²) in [6, 6.07) is 0. The van der Waals surface area contributed by atoms with Crippen molar-refractivity contribution in [2.24, 2.45) is 25.0 Å². The maximum absolute atomic E-state index is 12.1. The molecule has 114 valence electrons. The summed E-state index contributed by atoms with van der Waals surface area (Å²) in [5, 5.41) is 0. The van der Waals surface area contributed by atoms with E-state index in [2.05, 4.69) is 4.99 Å². The Morgan fingerprint density at radius 2 is 2.00 bits per heavy atom. The highest BCUT2D eigenvalue weighted by atomic mass is 16.5. The minimum Gasteiger partial charge on any atom is -0.466 e. The molecular weight excluding hydrogens is 274 g/mol. The first-order valence-corrected chi connectivity index (χ1v) is 6.88. The molecule has 0 aliphatic carbocycles. The van der Waals surface area contributed by atoms with Gasteiger partial charge in [0.05, 0.1) is 18.6 Å². The summed E-state index contributed by atoms with van der Waals surface area (Å²) >= 11 is 0. The predicted molar refractivity (Wildman–Crippen MR) is 78.1 cm³/mol. The second-order valence-electron chi connectivity index (χ2n) is 5.20. The molecule has 0 fully saturated rings. The summed E-state index contributed by atoms with van der Waals surface area (Å²) in [5.74, 6) is -0.0180. The Labute approximate surface area is 121 Å². The van der Waals surface area contributed by atoms with Crippen LogP contribution in [0.3, 0.4) is 0 Å². The van der Waals surface area contributed by atoms with Crippen LogP contribution in [-0.2, 0) is 30.0 Å². The molecule has 1 aromatic rings. The molecule has 0 saturated carbocycles. The van der Waals surface area contributed by atoms with Gasteiger partial charge in [0, 0.05) is 32.1 Å². The highest BCUT2D eigenvalue weighted by Crippen LogP contribution is 2.25. The molecule has 0 N–H and O–H groups in total. The Bertz CT molecular complexity index is 727. The number of aromatic nitrogens is 2. The summed E-state index contributed by atoms with van der Waals surface area (Å²) < 4.78 is 7.36. The lowest BCUT2D eigenvalue weighted by Crippen LogP contribution is -2.38. The summed E-state index contributed by atoms with van der Waals surface area (Å²) in [4.78, 5) is 39.9. The average Bonchev–Trinajstić information content (AvgIpc) is 2.88. The number of carbonyl (C=O) groups is 1. The SMILES string of the molecule is CCOC(=O)CC(C)C1=Nc2c(c(=O)n(C)c(=O)n2C)C1. The first kappa shape index (κ1) is 15.2. The third kappa shape index (κ3) is 2.68. The monoisotopic (exact) mass is 293 g/mol. The van der Waals surface area contributed by atoms with Gasteiger partial charge in [-0.2, -0.15) is 0 Å². The zero-order valence-corrected chi connectivity index (χ0v) is 12.7. The van der Waals surface area contributed by atoms with Crippen molar-refractivity contribution < 1.29 is 9.53 Å². The Morgan fingerprint density at radius 1 is 1.33 bits per heavy atom. The number of rotatable bonds is 4. The van der Waals surface area contributed by atoms with Crippen LogP contribution in [0.25, 0.3) is 0 Å². The highest BCUT2D eigenvalue weighted by Gasteiger charge is 2.27. The molecular formula is C14H19N3O4. The van der Waals surface area contributed by atoms with Crippen molar-refractivity contribution in [2.75, 3.05) is 6.61 Å². The van der Waals surface area contributed by atoms with Crippen LogP contribution in [0.4, 0.5) is 5.82 Å². The van der Waals surface area contributed by atoms with E-state index in [1.54, 1.807) is 14.0 Å². The lowest BCUT2D eigenvalue weighted by molar-refractivity contribution is -0.143. The Hall–Kier alpha value is -2.18. The van der Waals surface area contributed by atoms with Crippen molar-refractivity contribution in [3.05, 3.63) is 26.4 Å². The van der Waals surface area contributed by atoms with E-state index in [0.717, 1.165) is 10.3 Å². The Balaban J connectivity index is 2.31. The van der Waals surface area contributed by atoms with Gasteiger partial charge in [0.2, 0.25) is 0 Å². The van der Waals surface area contributed by atoms with Crippen molar-refractivity contribution in [3.8, 4) is 0 Å². The molecule has 7 nitrogen and oxygen atoms in total. The van der Waals surface area contributed by atoms with Gasteiger partial charge in [-0.05, 0) is 6.92 Å². The topological polar surface area (TPSA) is 82.7 Å². The van der Waals surface area contributed by atoms with Crippen molar-refractivity contribution >= 4 is 17.5 Å². The molecule has 1 aliphatic heterocycles. The van der Waals surface area contributed by atoms with Crippen LogP contribution in [0, 0.1) is 5.92 Å². The summed E-state index contributed by atoms with van der Waals surface area (Å²) in [5.41, 5.74) is 0.513. The third-order valence-corrected chi connectivity index (χ3v) is 3.68. The molecule has 0 amide bonds. The van der Waals surface area contributed by atoms with Crippen molar-refractivity contribution in [1.82, 2.24) is 9.13 Å². The Morgan fingerprint density at radius 3 is 2.62 bits per heavy atom. The van der Waals surface area contributed by atoms with Gasteiger partial charge in [0.1, 0.15) is 5.82 Å². The van der Waals surface area contributed by atoms with Crippen molar-refractivity contribution in [2.45, 2.75) is 26.7 Å². The fourth-order valence-electron chi connectivity index (χ4n) is 2.43. The van der Waals surface area contributed by atoms with E-state index in [-0.39, 0.29) is 23.9 Å². The predicted octanol–water partition coefficient (Wildman–Crippen LogP) is 0.302. The molecule has 2 heterocycles. The number of carbonyl (C=O) groups excluding carboxylic acids is 1. The van der Waals surface area contributed by atoms with Gasteiger partial charge in [-0.3, -0.25) is 18.7 Å². The van der Waals surface area contributed by atoms with E-state index >= 15 is 0 Å². The van der Waals surface area contributed by atoms with E-state index in [4.69, 9.17) is 4.74 Å². The van der Waals surface area contributed by atoms with Crippen LogP contribution in [0.15, 0.2) is 14.6 Å². The maximum Gasteiger partial charge on any atom is 0.332 e. The van der Waals surface area contributed by atoms with Crippen molar-refractivity contribution in [3.63, 3.8) is 0 Å². The number of fused-ring (bicyclic) bond motifs is 1. The summed E-state index contributed by atoms with van der Waals surface area (Å²) in [6.45, 7) is 3.96. The molecule has 2 rings (SSSR count). The largest absolute Gasteiger partial charge is 0.466 e. The van der Waals surface area contributed by atoms with E-state index in [0.29, 0.717) is 24.4 Å². The molecule has 0 saturated heterocycles. The van der Waals surface area contributed by atoms with Crippen LogP contribution >= 0.6 is 0 Å². The normalized spacial score (nSPS) is 14.6. The first-order valence-electron chi connectivity index (χ1n) is 6.88. The first-order chi connectivity index (χ1) is 9.86. The molecule has 0 bridgehead atoms.